The van der Waals surface area contributed by atoms with Gasteiger partial charge >= 0.3 is 59.1 Å². The van der Waals surface area contributed by atoms with Crippen molar-refractivity contribution in [3.8, 4) is 11.5 Å². The molecular formula is C70H84Cl2N4Na2O14S2. The maximum Gasteiger partial charge on any atom is 1.00 e. The summed E-state index contributed by atoms with van der Waals surface area (Å²) in [6.07, 6.45) is 15.6. The second kappa shape index (κ2) is 30.5. The topological polar surface area (TPSA) is 250 Å². The third-order valence-corrected chi connectivity index (χ3v) is 26.1. The number of nitrogens with one attached hydrogen (secondary N) is 2. The van der Waals surface area contributed by atoms with E-state index in [2.05, 4.69) is 55.7 Å². The molecule has 2 spiro atoms. The van der Waals surface area contributed by atoms with Crippen molar-refractivity contribution in [1.82, 2.24) is 9.44 Å². The second-order valence-electron chi connectivity index (χ2n) is 27.4. The number of aryl methyl sites for hydroxylation is 2. The number of benzene rings is 4. The molecule has 2 amide bonds. The molecule has 2 saturated carbocycles. The molecular weight excluding hydrogens is 1300 g/mol. The molecule has 4 aromatic carbocycles. The monoisotopic (exact) mass is 1380 g/mol. The van der Waals surface area contributed by atoms with Crippen LogP contribution in [0.1, 0.15) is 135 Å². The van der Waals surface area contributed by atoms with E-state index in [0.29, 0.717) is 72.8 Å². The molecule has 0 radical (unpaired) electrons. The first-order valence-corrected chi connectivity index (χ1v) is 36.2. The molecule has 24 heteroatoms. The Labute approximate surface area is 607 Å². The molecule has 8 aliphatic rings. The Hall–Kier alpha value is -4.16. The number of rotatable bonds is 6. The number of halogens is 2. The zero-order valence-electron chi connectivity index (χ0n) is 55.1. The number of carbonyl (C=O) groups is 4. The summed E-state index contributed by atoms with van der Waals surface area (Å²) in [5.74, 6) is -3.99. The van der Waals surface area contributed by atoms with Crippen LogP contribution in [0, 0.1) is 47.3 Å². The zero-order valence-corrected chi connectivity index (χ0v) is 62.2. The molecule has 2 fully saturated rings. The summed E-state index contributed by atoms with van der Waals surface area (Å²) in [4.78, 5) is 55.7. The van der Waals surface area contributed by atoms with Gasteiger partial charge in [-0.1, -0.05) is 73.5 Å². The van der Waals surface area contributed by atoms with Crippen LogP contribution in [0.25, 0.3) is 0 Å². The van der Waals surface area contributed by atoms with E-state index >= 15 is 0 Å². The number of nitrogens with zero attached hydrogens (tertiary/aromatic N) is 2. The van der Waals surface area contributed by atoms with Gasteiger partial charge < -0.3 is 48.5 Å². The van der Waals surface area contributed by atoms with Crippen LogP contribution >= 0.6 is 23.2 Å². The molecule has 4 aromatic rings. The van der Waals surface area contributed by atoms with Crippen LogP contribution in [-0.4, -0.2) is 117 Å². The van der Waals surface area contributed by atoms with Gasteiger partial charge in [-0.05, 0) is 209 Å². The molecule has 4 aliphatic carbocycles. The smallest absolute Gasteiger partial charge is 0.547 e. The van der Waals surface area contributed by atoms with E-state index in [-0.39, 0.29) is 106 Å². The summed E-state index contributed by atoms with van der Waals surface area (Å²) in [7, 11) is -5.56. The first-order chi connectivity index (χ1) is 43.8. The van der Waals surface area contributed by atoms with Gasteiger partial charge in [-0.3, -0.25) is 9.59 Å². The van der Waals surface area contributed by atoms with Crippen molar-refractivity contribution in [2.24, 2.45) is 47.3 Å². The summed E-state index contributed by atoms with van der Waals surface area (Å²) < 4.78 is 82.0. The molecule has 0 aromatic heterocycles. The number of sulfonamides is 2. The Kier molecular flexibility index (Phi) is 24.1. The quantitative estimate of drug-likeness (QED) is 0.208. The molecule has 4 aliphatic heterocycles. The number of amides is 2. The number of ether oxygens (including phenoxy) is 4. The van der Waals surface area contributed by atoms with Crippen molar-refractivity contribution in [3.05, 3.63) is 141 Å². The Bertz CT molecular complexity index is 3550. The predicted molar refractivity (Wildman–Crippen MR) is 349 cm³/mol. The van der Waals surface area contributed by atoms with E-state index in [4.69, 9.17) is 42.1 Å². The Balaban J connectivity index is 0.000000217. The molecule has 4 heterocycles. The molecule has 0 unspecified atom stereocenters. The van der Waals surface area contributed by atoms with E-state index in [1.165, 1.54) is 50.3 Å². The molecule has 14 atom stereocenters. The van der Waals surface area contributed by atoms with Crippen molar-refractivity contribution >= 4 is 78.4 Å². The Morgan fingerprint density at radius 3 is 1.33 bits per heavy atom. The van der Waals surface area contributed by atoms with Gasteiger partial charge in [-0.15, -0.1) is 0 Å². The molecule has 12 rings (SSSR count). The number of carboxylic acids is 2. The van der Waals surface area contributed by atoms with Gasteiger partial charge in [0, 0.05) is 84.2 Å². The van der Waals surface area contributed by atoms with Crippen LogP contribution < -0.4 is 98.0 Å². The fourth-order valence-electron chi connectivity index (χ4n) is 15.7. The number of carboxylic acid groups (broad SMARTS) is 2. The van der Waals surface area contributed by atoms with Gasteiger partial charge in [0.1, 0.15) is 23.7 Å². The number of aliphatic carboxylic acids is 2. The van der Waals surface area contributed by atoms with E-state index < -0.39 is 90.2 Å². The molecule has 0 saturated heterocycles. The largest absolute Gasteiger partial charge is 1.00 e. The van der Waals surface area contributed by atoms with Gasteiger partial charge in [0.2, 0.25) is 20.0 Å². The number of allylic oxidation sites excluding steroid dienone is 2. The third-order valence-electron chi connectivity index (χ3n) is 21.8. The van der Waals surface area contributed by atoms with E-state index in [1.807, 2.05) is 24.3 Å². The molecule has 18 nitrogen and oxygen atoms in total. The predicted octanol–water partition coefficient (Wildman–Crippen LogP) is 2.54. The van der Waals surface area contributed by atoms with Crippen molar-refractivity contribution < 1.29 is 124 Å². The third kappa shape index (κ3) is 15.6. The summed E-state index contributed by atoms with van der Waals surface area (Å²) in [5, 5.41) is 23.5. The maximum atomic E-state index is 13.5. The van der Waals surface area contributed by atoms with Crippen LogP contribution in [0.3, 0.4) is 0 Å². The minimum atomic E-state index is -4.10. The van der Waals surface area contributed by atoms with Crippen LogP contribution in [0.2, 0.25) is 10.0 Å². The molecule has 4 bridgehead atoms. The van der Waals surface area contributed by atoms with Gasteiger partial charge in [0.05, 0.1) is 47.0 Å². The summed E-state index contributed by atoms with van der Waals surface area (Å²) >= 11 is 12.8. The first-order valence-electron chi connectivity index (χ1n) is 32.4. The number of hydrogen-bond donors (Lipinski definition) is 2. The Morgan fingerprint density at radius 2 is 0.979 bits per heavy atom. The summed E-state index contributed by atoms with van der Waals surface area (Å²) in [6.45, 7) is 10.2. The van der Waals surface area contributed by atoms with Crippen LogP contribution in [-0.2, 0) is 62.8 Å². The van der Waals surface area contributed by atoms with Crippen molar-refractivity contribution in [2.75, 3.05) is 63.4 Å². The minimum absolute atomic E-state index is 0. The van der Waals surface area contributed by atoms with Gasteiger partial charge in [0.15, 0.2) is 0 Å². The Morgan fingerprint density at radius 1 is 0.585 bits per heavy atom. The summed E-state index contributed by atoms with van der Waals surface area (Å²) in [5.41, 5.74) is 6.32. The first kappa shape index (κ1) is 74.1. The van der Waals surface area contributed by atoms with Crippen molar-refractivity contribution in [2.45, 2.75) is 138 Å². The SMILES string of the molecule is CO[C@@H](C(=O)[O-])[C@@H]1/C=C\[C@@H]2CC[C@H]2CN2C[C@@]3(CCCc4cc(Cl)ccc43)COc3ccc(cc32)C(=O)NS(=O)(=O)[C@H](C)[C@@H](C)C1.CO[C@H](C(=O)[O-])[C@@H]1/C=C\[C@@H]2CC[C@H]2CN2C[C@@]3(CCCc4cc(Cl)ccc43)COc3ccc(cc32)C(=O)NS(=O)(=O)[C@H](C)[C@@H](C)C1.[Na+].[Na+]. The number of hydrogen-bond acceptors (Lipinski definition) is 16. The van der Waals surface area contributed by atoms with Gasteiger partial charge in [0.25, 0.3) is 11.8 Å². The van der Waals surface area contributed by atoms with E-state index in [1.54, 1.807) is 50.2 Å². The van der Waals surface area contributed by atoms with E-state index in [9.17, 15) is 46.2 Å². The summed E-state index contributed by atoms with van der Waals surface area (Å²) in [6, 6.07) is 22.5. The molecule has 2 N–H and O–H groups in total. The number of methoxy groups -OCH3 is 2. The van der Waals surface area contributed by atoms with Crippen LogP contribution in [0.5, 0.6) is 11.5 Å². The fourth-order valence-corrected chi connectivity index (χ4v) is 18.7. The fraction of sp³-hybridized carbons (Fsp3) is 0.543. The number of fused-ring (bicyclic) bond motifs is 8. The zero-order chi connectivity index (χ0) is 65.6. The standard InChI is InChI=1S/2C35H43ClN2O7S.2Na/c2*1-21-15-25(32(44-3)34(40)41)8-6-23-7-9-27(23)18-38-19-35(14-4-5-24-16-28(36)11-12-29(24)35)20-45-31-13-10-26(17-30(31)38)33(39)37-46(42,43)22(21)2;;/h2*6,8,10-13,16-17,21-23,25,27,32H,4-5,7,9,14-15,18-20H2,1-3H3,(H,37,39)(H,40,41);;/q;;2*+1/p-2/b2*8-6-;;/t21-,22+,23+,25+,27-,32+,35-;21-,22+,23+,25+,27-,32-,35-;;/m00../s1. The second-order valence-corrected chi connectivity index (χ2v) is 32.4. The maximum absolute atomic E-state index is 13.5. The van der Waals surface area contributed by atoms with E-state index in [0.717, 1.165) is 75.6 Å². The van der Waals surface area contributed by atoms with Gasteiger partial charge in [-0.2, -0.15) is 0 Å². The average Bonchev–Trinajstić information content (AvgIpc) is 1.47. The normalized spacial score (nSPS) is 31.4. The molecule has 496 valence electrons. The minimum Gasteiger partial charge on any atom is -0.547 e. The molecule has 94 heavy (non-hydrogen) atoms. The number of carbonyl (C=O) groups excluding carboxylic acids is 4. The van der Waals surface area contributed by atoms with Gasteiger partial charge in [-0.25, -0.2) is 26.3 Å². The van der Waals surface area contributed by atoms with Crippen LogP contribution in [0.15, 0.2) is 97.1 Å². The number of anilines is 2. The van der Waals surface area contributed by atoms with Crippen molar-refractivity contribution in [1.29, 1.82) is 0 Å². The van der Waals surface area contributed by atoms with Crippen molar-refractivity contribution in [3.63, 3.8) is 0 Å². The average molecular weight is 1390 g/mol. The van der Waals surface area contributed by atoms with Crippen LogP contribution in [0.4, 0.5) is 11.4 Å².